The first kappa shape index (κ1) is 16.8. The van der Waals surface area contributed by atoms with E-state index in [0.717, 1.165) is 15.4 Å². The van der Waals surface area contributed by atoms with Crippen molar-refractivity contribution in [1.82, 2.24) is 15.5 Å². The molecule has 1 unspecified atom stereocenters. The van der Waals surface area contributed by atoms with Crippen LogP contribution in [0.25, 0.3) is 10.9 Å². The van der Waals surface area contributed by atoms with Crippen molar-refractivity contribution in [1.29, 1.82) is 0 Å². The molecular weight excluding hydrogens is 394 g/mol. The molecule has 0 radical (unpaired) electrons. The maximum Gasteiger partial charge on any atom is 0.272 e. The van der Waals surface area contributed by atoms with Gasteiger partial charge in [-0.1, -0.05) is 5.16 Å². The van der Waals surface area contributed by atoms with Crippen LogP contribution in [-0.2, 0) is 11.3 Å². The Morgan fingerprint density at radius 1 is 1.42 bits per heavy atom. The zero-order valence-corrected chi connectivity index (χ0v) is 15.1. The van der Waals surface area contributed by atoms with Crippen LogP contribution in [0.4, 0.5) is 0 Å². The van der Waals surface area contributed by atoms with Crippen LogP contribution < -0.4 is 10.1 Å². The maximum atomic E-state index is 12.3. The summed E-state index contributed by atoms with van der Waals surface area (Å²) in [5.41, 5.74) is 0.200. The number of fused-ring (bicyclic) bond motifs is 1. The number of pyridine rings is 1. The molecule has 0 spiro atoms. The Kier molecular flexibility index (Phi) is 5.37. The third kappa shape index (κ3) is 4.07. The van der Waals surface area contributed by atoms with E-state index in [0.29, 0.717) is 11.5 Å². The number of benzene rings is 1. The molecule has 0 saturated heterocycles. The van der Waals surface area contributed by atoms with Gasteiger partial charge in [0.05, 0.1) is 18.3 Å². The van der Waals surface area contributed by atoms with Gasteiger partial charge in [-0.3, -0.25) is 9.78 Å². The predicted molar refractivity (Wildman–Crippen MR) is 95.7 cm³/mol. The number of aromatic nitrogens is 2. The number of ether oxygens (including phenoxy) is 1. The number of halogens is 1. The molecule has 2 aromatic heterocycles. The van der Waals surface area contributed by atoms with Crippen LogP contribution in [0.2, 0.25) is 0 Å². The minimum atomic E-state index is -0.662. The summed E-state index contributed by atoms with van der Waals surface area (Å²) in [5.74, 6) is 0.966. The molecule has 24 heavy (non-hydrogen) atoms. The SMILES string of the molecule is CSC(Oc1ccc2ncc(Br)cc2c1)C(=O)NCc1ccno1. The number of rotatable bonds is 6. The molecule has 0 aliphatic heterocycles. The summed E-state index contributed by atoms with van der Waals surface area (Å²) >= 11 is 4.71. The first-order valence-corrected chi connectivity index (χ1v) is 9.16. The van der Waals surface area contributed by atoms with Gasteiger partial charge in [-0.05, 0) is 46.5 Å². The quantitative estimate of drug-likeness (QED) is 0.631. The van der Waals surface area contributed by atoms with Crippen LogP contribution in [0, 0.1) is 0 Å². The minimum absolute atomic E-state index is 0.230. The van der Waals surface area contributed by atoms with Gasteiger partial charge >= 0.3 is 0 Å². The molecule has 0 saturated carbocycles. The Labute approximate surface area is 151 Å². The van der Waals surface area contributed by atoms with Crippen molar-refractivity contribution in [3.05, 3.63) is 53.0 Å². The number of carbonyl (C=O) groups excluding carboxylic acids is 1. The van der Waals surface area contributed by atoms with Gasteiger partial charge in [-0.25, -0.2) is 0 Å². The summed E-state index contributed by atoms with van der Waals surface area (Å²) in [7, 11) is 0. The molecular formula is C16H14BrN3O3S. The second kappa shape index (κ2) is 7.67. The summed E-state index contributed by atoms with van der Waals surface area (Å²) in [5, 5.41) is 7.29. The number of nitrogens with one attached hydrogen (secondary N) is 1. The minimum Gasteiger partial charge on any atom is -0.470 e. The van der Waals surface area contributed by atoms with Gasteiger partial charge in [-0.15, -0.1) is 11.8 Å². The molecule has 1 N–H and O–H groups in total. The first-order valence-electron chi connectivity index (χ1n) is 7.08. The lowest BCUT2D eigenvalue weighted by Gasteiger charge is -2.16. The molecule has 2 heterocycles. The van der Waals surface area contributed by atoms with Crippen LogP contribution in [0.5, 0.6) is 5.75 Å². The highest BCUT2D eigenvalue weighted by Crippen LogP contribution is 2.24. The highest BCUT2D eigenvalue weighted by Gasteiger charge is 2.19. The number of hydrogen-bond acceptors (Lipinski definition) is 6. The number of amides is 1. The zero-order valence-electron chi connectivity index (χ0n) is 12.7. The summed E-state index contributed by atoms with van der Waals surface area (Å²) in [6.07, 6.45) is 5.09. The molecule has 1 amide bonds. The largest absolute Gasteiger partial charge is 0.470 e. The molecule has 1 aromatic carbocycles. The molecule has 6 nitrogen and oxygen atoms in total. The molecule has 124 valence electrons. The predicted octanol–water partition coefficient (Wildman–Crippen LogP) is 3.37. The Morgan fingerprint density at radius 2 is 2.29 bits per heavy atom. The third-order valence-electron chi connectivity index (χ3n) is 3.22. The Bertz CT molecular complexity index is 842. The van der Waals surface area contributed by atoms with Crippen LogP contribution in [-0.4, -0.2) is 27.7 Å². The van der Waals surface area contributed by atoms with Crippen LogP contribution in [0.1, 0.15) is 5.76 Å². The van der Waals surface area contributed by atoms with Crippen molar-refractivity contribution >= 4 is 44.5 Å². The third-order valence-corrected chi connectivity index (χ3v) is 4.39. The second-order valence-electron chi connectivity index (χ2n) is 4.89. The standard InChI is InChI=1S/C16H14BrN3O3S/c1-24-16(15(21)19-9-13-4-5-20-23-13)22-12-2-3-14-10(7-12)6-11(17)8-18-14/h2-8,16H,9H2,1H3,(H,19,21). The van der Waals surface area contributed by atoms with E-state index in [1.165, 1.54) is 18.0 Å². The molecule has 0 aliphatic rings. The zero-order chi connectivity index (χ0) is 16.9. The van der Waals surface area contributed by atoms with E-state index in [4.69, 9.17) is 9.26 Å². The van der Waals surface area contributed by atoms with Crippen molar-refractivity contribution in [2.45, 2.75) is 12.0 Å². The van der Waals surface area contributed by atoms with Crippen molar-refractivity contribution < 1.29 is 14.1 Å². The topological polar surface area (TPSA) is 77.2 Å². The van der Waals surface area contributed by atoms with Crippen LogP contribution >= 0.6 is 27.7 Å². The van der Waals surface area contributed by atoms with Crippen molar-refractivity contribution in [2.24, 2.45) is 0 Å². The molecule has 8 heteroatoms. The summed E-state index contributed by atoms with van der Waals surface area (Å²) in [6, 6.07) is 9.17. The van der Waals surface area contributed by atoms with E-state index in [-0.39, 0.29) is 12.5 Å². The molecule has 1 atom stereocenters. The van der Waals surface area contributed by atoms with Crippen molar-refractivity contribution in [3.8, 4) is 5.75 Å². The Balaban J connectivity index is 1.68. The van der Waals surface area contributed by atoms with Crippen LogP contribution in [0.3, 0.4) is 0 Å². The van der Waals surface area contributed by atoms with Gasteiger partial charge in [-0.2, -0.15) is 0 Å². The van der Waals surface area contributed by atoms with E-state index in [9.17, 15) is 4.79 Å². The summed E-state index contributed by atoms with van der Waals surface area (Å²) in [6.45, 7) is 0.272. The highest BCUT2D eigenvalue weighted by molar-refractivity contribution is 9.10. The fourth-order valence-electron chi connectivity index (χ4n) is 2.08. The van der Waals surface area contributed by atoms with Gasteiger partial charge in [0, 0.05) is 22.1 Å². The summed E-state index contributed by atoms with van der Waals surface area (Å²) in [4.78, 5) is 16.6. The average Bonchev–Trinajstić information content (AvgIpc) is 3.10. The highest BCUT2D eigenvalue weighted by atomic mass is 79.9. The lowest BCUT2D eigenvalue weighted by molar-refractivity contribution is -0.124. The Morgan fingerprint density at radius 3 is 3.04 bits per heavy atom. The Hall–Kier alpha value is -2.06. The normalized spacial score (nSPS) is 12.1. The first-order chi connectivity index (χ1) is 11.7. The van der Waals surface area contributed by atoms with Gasteiger partial charge in [0.2, 0.25) is 5.44 Å². The number of nitrogens with zero attached hydrogens (tertiary/aromatic N) is 2. The van der Waals surface area contributed by atoms with Gasteiger partial charge in [0.1, 0.15) is 5.75 Å². The van der Waals surface area contributed by atoms with Crippen molar-refractivity contribution in [2.75, 3.05) is 6.26 Å². The lowest BCUT2D eigenvalue weighted by atomic mass is 10.2. The number of thioether (sulfide) groups is 1. The van der Waals surface area contributed by atoms with Gasteiger partial charge < -0.3 is 14.6 Å². The lowest BCUT2D eigenvalue weighted by Crippen LogP contribution is -2.35. The number of hydrogen-bond donors (Lipinski definition) is 1. The molecule has 0 bridgehead atoms. The van der Waals surface area contributed by atoms with E-state index < -0.39 is 5.44 Å². The second-order valence-corrected chi connectivity index (χ2v) is 6.71. The van der Waals surface area contributed by atoms with Crippen LogP contribution in [0.15, 0.2) is 51.7 Å². The fourth-order valence-corrected chi connectivity index (χ4v) is 2.93. The molecule has 3 aromatic rings. The average molecular weight is 408 g/mol. The molecule has 3 rings (SSSR count). The van der Waals surface area contributed by atoms with E-state index in [1.54, 1.807) is 18.3 Å². The number of carbonyl (C=O) groups is 1. The van der Waals surface area contributed by atoms with E-state index in [1.807, 2.05) is 24.5 Å². The van der Waals surface area contributed by atoms with Gasteiger partial charge in [0.25, 0.3) is 5.91 Å². The monoisotopic (exact) mass is 407 g/mol. The fraction of sp³-hybridized carbons (Fsp3) is 0.188. The molecule has 0 fully saturated rings. The van der Waals surface area contributed by atoms with Gasteiger partial charge in [0.15, 0.2) is 5.76 Å². The van der Waals surface area contributed by atoms with Crippen molar-refractivity contribution in [3.63, 3.8) is 0 Å². The molecule has 0 aliphatic carbocycles. The van der Waals surface area contributed by atoms with E-state index >= 15 is 0 Å². The van der Waals surface area contributed by atoms with E-state index in [2.05, 4.69) is 31.4 Å². The maximum absolute atomic E-state index is 12.3. The smallest absolute Gasteiger partial charge is 0.272 e. The summed E-state index contributed by atoms with van der Waals surface area (Å²) < 4.78 is 11.6.